The first-order valence-electron chi connectivity index (χ1n) is 7.07. The molecule has 0 saturated heterocycles. The molecule has 2 aromatic rings. The summed E-state index contributed by atoms with van der Waals surface area (Å²) in [5, 5.41) is 2.94. The van der Waals surface area contributed by atoms with Crippen LogP contribution >= 0.6 is 23.5 Å². The topological polar surface area (TPSA) is 41.5 Å². The first-order valence-corrected chi connectivity index (χ1v) is 9.04. The van der Waals surface area contributed by atoms with Crippen LogP contribution in [0.5, 0.6) is 0 Å². The molecule has 22 heavy (non-hydrogen) atoms. The molecule has 0 saturated carbocycles. The molecule has 1 N–H and O–H groups in total. The van der Waals surface area contributed by atoms with Crippen molar-refractivity contribution in [2.45, 2.75) is 5.75 Å². The molecule has 1 amide bonds. The van der Waals surface area contributed by atoms with Crippen molar-refractivity contribution in [1.29, 1.82) is 0 Å². The SMILES string of the molecule is O=C(Nc1ccccc1)c1ccccc1CSC1=NCCS1. The van der Waals surface area contributed by atoms with Crippen molar-refractivity contribution in [3.05, 3.63) is 65.7 Å². The van der Waals surface area contributed by atoms with Crippen LogP contribution in [0.25, 0.3) is 0 Å². The molecule has 5 heteroatoms. The van der Waals surface area contributed by atoms with Crippen molar-refractivity contribution in [2.24, 2.45) is 4.99 Å². The highest BCUT2D eigenvalue weighted by Crippen LogP contribution is 2.26. The molecule has 0 aliphatic carbocycles. The van der Waals surface area contributed by atoms with Gasteiger partial charge in [-0.1, -0.05) is 59.9 Å². The first kappa shape index (κ1) is 15.2. The minimum atomic E-state index is -0.0663. The Morgan fingerprint density at radius 3 is 2.68 bits per heavy atom. The van der Waals surface area contributed by atoms with Gasteiger partial charge in [-0.15, -0.1) is 0 Å². The second-order valence-corrected chi connectivity index (χ2v) is 7.07. The van der Waals surface area contributed by atoms with Gasteiger partial charge in [-0.2, -0.15) is 0 Å². The molecule has 1 aliphatic heterocycles. The number of carbonyl (C=O) groups is 1. The van der Waals surface area contributed by atoms with Gasteiger partial charge in [0, 0.05) is 22.8 Å². The summed E-state index contributed by atoms with van der Waals surface area (Å²) in [4.78, 5) is 16.9. The number of aliphatic imine (C=N–C) groups is 1. The number of rotatable bonds is 4. The van der Waals surface area contributed by atoms with Crippen LogP contribution in [0.2, 0.25) is 0 Å². The summed E-state index contributed by atoms with van der Waals surface area (Å²) in [6.45, 7) is 0.906. The maximum Gasteiger partial charge on any atom is 0.255 e. The Kier molecular flexibility index (Phi) is 5.19. The molecule has 0 atom stereocenters. The highest BCUT2D eigenvalue weighted by Gasteiger charge is 2.13. The zero-order valence-electron chi connectivity index (χ0n) is 12.0. The second-order valence-electron chi connectivity index (χ2n) is 4.76. The number of amides is 1. The summed E-state index contributed by atoms with van der Waals surface area (Å²) >= 11 is 3.50. The Hall–Kier alpha value is -1.72. The van der Waals surface area contributed by atoms with Crippen LogP contribution in [0.4, 0.5) is 5.69 Å². The molecule has 3 nitrogen and oxygen atoms in total. The van der Waals surface area contributed by atoms with E-state index in [1.165, 1.54) is 0 Å². The van der Waals surface area contributed by atoms with Crippen molar-refractivity contribution in [3.63, 3.8) is 0 Å². The predicted octanol–water partition coefficient (Wildman–Crippen LogP) is 4.27. The summed E-state index contributed by atoms with van der Waals surface area (Å²) < 4.78 is 1.12. The minimum absolute atomic E-state index is 0.0663. The lowest BCUT2D eigenvalue weighted by molar-refractivity contribution is 0.102. The molecule has 0 radical (unpaired) electrons. The van der Waals surface area contributed by atoms with E-state index >= 15 is 0 Å². The number of nitrogens with one attached hydrogen (secondary N) is 1. The summed E-state index contributed by atoms with van der Waals surface area (Å²) in [5.41, 5.74) is 2.57. The molecule has 112 valence electrons. The van der Waals surface area contributed by atoms with Crippen LogP contribution in [0.3, 0.4) is 0 Å². The van der Waals surface area contributed by atoms with E-state index < -0.39 is 0 Å². The van der Waals surface area contributed by atoms with E-state index in [-0.39, 0.29) is 5.91 Å². The molecule has 0 fully saturated rings. The largest absolute Gasteiger partial charge is 0.322 e. The van der Waals surface area contributed by atoms with Crippen LogP contribution in [-0.2, 0) is 5.75 Å². The lowest BCUT2D eigenvalue weighted by atomic mass is 10.1. The van der Waals surface area contributed by atoms with E-state index in [0.29, 0.717) is 0 Å². The second kappa shape index (κ2) is 7.51. The average molecular weight is 328 g/mol. The molecule has 0 spiro atoms. The van der Waals surface area contributed by atoms with Gasteiger partial charge < -0.3 is 5.32 Å². The third kappa shape index (κ3) is 3.93. The minimum Gasteiger partial charge on any atom is -0.322 e. The number of anilines is 1. The summed E-state index contributed by atoms with van der Waals surface area (Å²) in [6, 6.07) is 17.3. The van der Waals surface area contributed by atoms with Gasteiger partial charge in [-0.25, -0.2) is 0 Å². The van der Waals surface area contributed by atoms with Crippen molar-refractivity contribution in [2.75, 3.05) is 17.6 Å². The van der Waals surface area contributed by atoms with Crippen molar-refractivity contribution < 1.29 is 4.79 Å². The number of para-hydroxylation sites is 1. The van der Waals surface area contributed by atoms with Gasteiger partial charge in [0.25, 0.3) is 5.91 Å². The highest BCUT2D eigenvalue weighted by molar-refractivity contribution is 8.38. The lowest BCUT2D eigenvalue weighted by Crippen LogP contribution is -2.14. The summed E-state index contributed by atoms with van der Waals surface area (Å²) in [5.74, 6) is 1.77. The molecular weight excluding hydrogens is 312 g/mol. The monoisotopic (exact) mass is 328 g/mol. The number of benzene rings is 2. The Balaban J connectivity index is 1.71. The van der Waals surface area contributed by atoms with Gasteiger partial charge in [-0.05, 0) is 23.8 Å². The fraction of sp³-hybridized carbons (Fsp3) is 0.176. The summed E-state index contributed by atoms with van der Waals surface area (Å²) in [6.07, 6.45) is 0. The van der Waals surface area contributed by atoms with Crippen LogP contribution in [0.1, 0.15) is 15.9 Å². The first-order chi connectivity index (χ1) is 10.8. The Morgan fingerprint density at radius 1 is 1.14 bits per heavy atom. The Morgan fingerprint density at radius 2 is 1.91 bits per heavy atom. The van der Waals surface area contributed by atoms with Gasteiger partial charge in [-0.3, -0.25) is 9.79 Å². The van der Waals surface area contributed by atoms with E-state index in [4.69, 9.17) is 0 Å². The quantitative estimate of drug-likeness (QED) is 0.911. The third-order valence-corrected chi connectivity index (χ3v) is 5.50. The zero-order valence-corrected chi connectivity index (χ0v) is 13.6. The number of nitrogens with zero attached hydrogens (tertiary/aromatic N) is 1. The molecular formula is C17H16N2OS2. The number of hydrogen-bond donors (Lipinski definition) is 1. The smallest absolute Gasteiger partial charge is 0.255 e. The van der Waals surface area contributed by atoms with Crippen molar-refractivity contribution in [3.8, 4) is 0 Å². The standard InChI is InChI=1S/C17H16N2OS2/c20-16(19-14-7-2-1-3-8-14)15-9-5-4-6-13(15)12-22-17-18-10-11-21-17/h1-9H,10-12H2,(H,19,20). The molecule has 2 aromatic carbocycles. The third-order valence-electron chi connectivity index (χ3n) is 3.20. The lowest BCUT2D eigenvalue weighted by Gasteiger charge is -2.10. The van der Waals surface area contributed by atoms with Crippen molar-refractivity contribution >= 4 is 39.5 Å². The molecule has 0 bridgehead atoms. The zero-order chi connectivity index (χ0) is 15.2. The van der Waals surface area contributed by atoms with E-state index in [2.05, 4.69) is 10.3 Å². The number of hydrogen-bond acceptors (Lipinski definition) is 4. The Labute approximate surface area is 138 Å². The number of carbonyl (C=O) groups excluding carboxylic acids is 1. The number of thioether (sulfide) groups is 2. The fourth-order valence-corrected chi connectivity index (χ4v) is 4.14. The van der Waals surface area contributed by atoms with E-state index in [1.807, 2.05) is 54.6 Å². The Bertz CT molecular complexity index is 686. The van der Waals surface area contributed by atoms with Crippen molar-refractivity contribution in [1.82, 2.24) is 0 Å². The molecule has 3 rings (SSSR count). The fourth-order valence-electron chi connectivity index (χ4n) is 2.13. The van der Waals surface area contributed by atoms with Gasteiger partial charge >= 0.3 is 0 Å². The van der Waals surface area contributed by atoms with Crippen LogP contribution in [0.15, 0.2) is 59.6 Å². The average Bonchev–Trinajstić information content (AvgIpc) is 3.07. The van der Waals surface area contributed by atoms with Crippen LogP contribution < -0.4 is 5.32 Å². The van der Waals surface area contributed by atoms with Gasteiger partial charge in [0.05, 0.1) is 6.54 Å². The molecule has 1 aliphatic rings. The van der Waals surface area contributed by atoms with Gasteiger partial charge in [0.2, 0.25) is 0 Å². The summed E-state index contributed by atoms with van der Waals surface area (Å²) in [7, 11) is 0. The molecule has 0 unspecified atom stereocenters. The van der Waals surface area contributed by atoms with Crippen LogP contribution in [0, 0.1) is 0 Å². The maximum absolute atomic E-state index is 12.5. The van der Waals surface area contributed by atoms with Gasteiger partial charge in [0.1, 0.15) is 4.38 Å². The predicted molar refractivity (Wildman–Crippen MR) is 96.9 cm³/mol. The molecule has 0 aromatic heterocycles. The molecule has 1 heterocycles. The maximum atomic E-state index is 12.5. The highest BCUT2D eigenvalue weighted by atomic mass is 32.2. The van der Waals surface area contributed by atoms with E-state index in [0.717, 1.165) is 39.2 Å². The van der Waals surface area contributed by atoms with E-state index in [1.54, 1.807) is 23.5 Å². The normalized spacial score (nSPS) is 13.7. The van der Waals surface area contributed by atoms with E-state index in [9.17, 15) is 4.79 Å². The van der Waals surface area contributed by atoms with Crippen LogP contribution in [-0.4, -0.2) is 22.6 Å². The van der Waals surface area contributed by atoms with Gasteiger partial charge in [0.15, 0.2) is 0 Å².